The molecule has 53 heavy (non-hydrogen) atoms. The molecule has 8 aromatic carbocycles. The number of nitrogens with zero attached hydrogens (tertiary/aromatic N) is 1. The zero-order valence-electron chi connectivity index (χ0n) is 28.8. The Morgan fingerprint density at radius 2 is 0.887 bits per heavy atom. The van der Waals surface area contributed by atoms with Gasteiger partial charge >= 0.3 is 0 Å². The molecule has 2 aromatic heterocycles. The summed E-state index contributed by atoms with van der Waals surface area (Å²) >= 11 is 1.87. The van der Waals surface area contributed by atoms with Crippen molar-refractivity contribution in [3.63, 3.8) is 0 Å². The van der Waals surface area contributed by atoms with Crippen LogP contribution in [0.5, 0.6) is 0 Å². The molecule has 0 saturated carbocycles. The Bertz CT molecular complexity index is 2820. The minimum atomic E-state index is 0.867. The van der Waals surface area contributed by atoms with Crippen LogP contribution in [0.1, 0.15) is 0 Å². The van der Waals surface area contributed by atoms with Gasteiger partial charge in [0.2, 0.25) is 0 Å². The van der Waals surface area contributed by atoms with Crippen LogP contribution in [-0.2, 0) is 0 Å². The zero-order chi connectivity index (χ0) is 35.1. The Morgan fingerprint density at radius 1 is 0.377 bits per heavy atom. The highest BCUT2D eigenvalue weighted by Gasteiger charge is 2.16. The predicted molar refractivity (Wildman–Crippen MR) is 226 cm³/mol. The van der Waals surface area contributed by atoms with Gasteiger partial charge in [-0.15, -0.1) is 11.3 Å². The number of para-hydroxylation sites is 1. The minimum absolute atomic E-state index is 0.867. The Kier molecular flexibility index (Phi) is 7.71. The Balaban J connectivity index is 1.01. The third kappa shape index (κ3) is 5.78. The summed E-state index contributed by atoms with van der Waals surface area (Å²) in [6.07, 6.45) is 0. The van der Waals surface area contributed by atoms with Crippen LogP contribution >= 0.6 is 11.3 Å². The summed E-state index contributed by atoms with van der Waals surface area (Å²) in [6.45, 7) is 0. The standard InChI is InChI=1S/C50H33NOS/c1-2-9-34(10-3-1)35-17-19-36(20-18-35)37-21-27-41(28-22-37)51(43-31-25-39(26-32-43)48-33-40-11-4-6-15-47(40)52-48)42-29-23-38(24-30-42)44-13-8-14-46-45-12-5-7-16-49(45)53-50(44)46/h1-33H. The highest BCUT2D eigenvalue weighted by atomic mass is 32.1. The summed E-state index contributed by atoms with van der Waals surface area (Å²) in [7, 11) is 0. The predicted octanol–water partition coefficient (Wildman–Crippen LogP) is 14.9. The van der Waals surface area contributed by atoms with Gasteiger partial charge in [0, 0.05) is 48.2 Å². The van der Waals surface area contributed by atoms with Crippen LogP contribution in [0, 0.1) is 0 Å². The first-order valence-electron chi connectivity index (χ1n) is 17.9. The first kappa shape index (κ1) is 31.1. The van der Waals surface area contributed by atoms with Crippen LogP contribution < -0.4 is 4.90 Å². The van der Waals surface area contributed by atoms with Gasteiger partial charge in [-0.2, -0.15) is 0 Å². The summed E-state index contributed by atoms with van der Waals surface area (Å²) in [5, 5.41) is 3.74. The molecule has 2 heterocycles. The van der Waals surface area contributed by atoms with Gasteiger partial charge < -0.3 is 9.32 Å². The zero-order valence-corrected chi connectivity index (χ0v) is 29.6. The lowest BCUT2D eigenvalue weighted by molar-refractivity contribution is 0.631. The number of anilines is 3. The number of fused-ring (bicyclic) bond motifs is 4. The molecule has 10 rings (SSSR count). The molecule has 0 unspecified atom stereocenters. The lowest BCUT2D eigenvalue weighted by atomic mass is 10.00. The van der Waals surface area contributed by atoms with Crippen LogP contribution in [0.15, 0.2) is 205 Å². The van der Waals surface area contributed by atoms with E-state index in [4.69, 9.17) is 4.42 Å². The van der Waals surface area contributed by atoms with Crippen LogP contribution in [0.4, 0.5) is 17.1 Å². The second-order valence-electron chi connectivity index (χ2n) is 13.3. The third-order valence-electron chi connectivity index (χ3n) is 10.1. The van der Waals surface area contributed by atoms with Gasteiger partial charge in [0.1, 0.15) is 11.3 Å². The number of thiophene rings is 1. The van der Waals surface area contributed by atoms with Crippen molar-refractivity contribution in [2.24, 2.45) is 0 Å². The molecule has 0 N–H and O–H groups in total. The topological polar surface area (TPSA) is 16.4 Å². The molecule has 2 nitrogen and oxygen atoms in total. The molecular formula is C50H33NOS. The number of benzene rings is 8. The van der Waals surface area contributed by atoms with Crippen molar-refractivity contribution in [2.45, 2.75) is 0 Å². The maximum Gasteiger partial charge on any atom is 0.135 e. The van der Waals surface area contributed by atoms with Gasteiger partial charge in [0.15, 0.2) is 0 Å². The van der Waals surface area contributed by atoms with Crippen molar-refractivity contribution in [1.29, 1.82) is 0 Å². The van der Waals surface area contributed by atoms with E-state index >= 15 is 0 Å². The third-order valence-corrected chi connectivity index (χ3v) is 11.3. The molecule has 0 aliphatic carbocycles. The maximum atomic E-state index is 6.20. The smallest absolute Gasteiger partial charge is 0.135 e. The van der Waals surface area contributed by atoms with Gasteiger partial charge in [-0.25, -0.2) is 0 Å². The van der Waals surface area contributed by atoms with Gasteiger partial charge in [0.05, 0.1) is 0 Å². The lowest BCUT2D eigenvalue weighted by Crippen LogP contribution is -2.09. The second kappa shape index (κ2) is 13.1. The lowest BCUT2D eigenvalue weighted by Gasteiger charge is -2.26. The molecule has 0 fully saturated rings. The van der Waals surface area contributed by atoms with Crippen molar-refractivity contribution in [3.8, 4) is 44.7 Å². The first-order valence-corrected chi connectivity index (χ1v) is 18.7. The average molecular weight is 696 g/mol. The summed E-state index contributed by atoms with van der Waals surface area (Å²) < 4.78 is 8.85. The van der Waals surface area contributed by atoms with E-state index in [1.807, 2.05) is 29.5 Å². The van der Waals surface area contributed by atoms with E-state index in [2.05, 4.69) is 187 Å². The van der Waals surface area contributed by atoms with Crippen molar-refractivity contribution in [3.05, 3.63) is 200 Å². The van der Waals surface area contributed by atoms with E-state index in [1.165, 1.54) is 53.6 Å². The first-order chi connectivity index (χ1) is 26.2. The molecule has 0 amide bonds. The van der Waals surface area contributed by atoms with Crippen molar-refractivity contribution in [2.75, 3.05) is 4.90 Å². The van der Waals surface area contributed by atoms with Gasteiger partial charge in [0.25, 0.3) is 0 Å². The molecule has 0 aliphatic rings. The molecule has 0 aliphatic heterocycles. The molecule has 10 aromatic rings. The normalized spacial score (nSPS) is 11.4. The van der Waals surface area contributed by atoms with E-state index in [0.717, 1.165) is 39.4 Å². The Labute approximate surface area is 312 Å². The highest BCUT2D eigenvalue weighted by Crippen LogP contribution is 2.42. The Hall–Kier alpha value is -6.68. The Morgan fingerprint density at radius 3 is 1.55 bits per heavy atom. The van der Waals surface area contributed by atoms with Gasteiger partial charge in [-0.05, 0) is 100 Å². The van der Waals surface area contributed by atoms with Crippen LogP contribution in [0.25, 0.3) is 75.8 Å². The molecule has 0 radical (unpaired) electrons. The molecule has 0 atom stereocenters. The van der Waals surface area contributed by atoms with Crippen molar-refractivity contribution >= 4 is 59.5 Å². The quantitative estimate of drug-likeness (QED) is 0.165. The van der Waals surface area contributed by atoms with Crippen molar-refractivity contribution < 1.29 is 4.42 Å². The maximum absolute atomic E-state index is 6.20. The number of furan rings is 1. The average Bonchev–Trinajstić information content (AvgIpc) is 3.85. The van der Waals surface area contributed by atoms with E-state index < -0.39 is 0 Å². The number of hydrogen-bond acceptors (Lipinski definition) is 3. The monoisotopic (exact) mass is 695 g/mol. The molecule has 250 valence electrons. The highest BCUT2D eigenvalue weighted by molar-refractivity contribution is 7.26. The summed E-state index contributed by atoms with van der Waals surface area (Å²) in [4.78, 5) is 2.33. The van der Waals surface area contributed by atoms with E-state index in [0.29, 0.717) is 0 Å². The van der Waals surface area contributed by atoms with Crippen LogP contribution in [0.2, 0.25) is 0 Å². The van der Waals surface area contributed by atoms with E-state index in [-0.39, 0.29) is 0 Å². The molecule has 0 bridgehead atoms. The number of rotatable bonds is 7. The van der Waals surface area contributed by atoms with E-state index in [1.54, 1.807) is 0 Å². The van der Waals surface area contributed by atoms with Crippen molar-refractivity contribution in [1.82, 2.24) is 0 Å². The molecular weight excluding hydrogens is 663 g/mol. The van der Waals surface area contributed by atoms with E-state index in [9.17, 15) is 0 Å². The fourth-order valence-corrected chi connectivity index (χ4v) is 8.64. The largest absolute Gasteiger partial charge is 0.456 e. The summed E-state index contributed by atoms with van der Waals surface area (Å²) in [6, 6.07) is 71.5. The van der Waals surface area contributed by atoms with Gasteiger partial charge in [-0.3, -0.25) is 0 Å². The minimum Gasteiger partial charge on any atom is -0.456 e. The fraction of sp³-hybridized carbons (Fsp3) is 0. The molecule has 3 heteroatoms. The number of hydrogen-bond donors (Lipinski definition) is 0. The SMILES string of the molecule is c1ccc(-c2ccc(-c3ccc(N(c4ccc(-c5cc6ccccc6o5)cc4)c4ccc(-c5cccc6c5sc5ccccc56)cc4)cc3)cc2)cc1. The summed E-state index contributed by atoms with van der Waals surface area (Å²) in [5.74, 6) is 0.867. The molecule has 0 saturated heterocycles. The van der Waals surface area contributed by atoms with Crippen LogP contribution in [0.3, 0.4) is 0 Å². The molecule has 0 spiro atoms. The van der Waals surface area contributed by atoms with Gasteiger partial charge in [-0.1, -0.05) is 133 Å². The fourth-order valence-electron chi connectivity index (χ4n) is 7.40. The second-order valence-corrected chi connectivity index (χ2v) is 14.4. The van der Waals surface area contributed by atoms with Crippen LogP contribution in [-0.4, -0.2) is 0 Å². The summed E-state index contributed by atoms with van der Waals surface area (Å²) in [5.41, 5.74) is 12.5.